The van der Waals surface area contributed by atoms with E-state index in [0.717, 1.165) is 10.4 Å². The lowest BCUT2D eigenvalue weighted by Crippen LogP contribution is -2.15. The Kier molecular flexibility index (Phi) is 3.62. The second kappa shape index (κ2) is 5.41. The van der Waals surface area contributed by atoms with Crippen molar-refractivity contribution in [1.82, 2.24) is 4.98 Å². The van der Waals surface area contributed by atoms with E-state index < -0.39 is 5.97 Å². The van der Waals surface area contributed by atoms with E-state index in [1.165, 1.54) is 18.4 Å². The summed E-state index contributed by atoms with van der Waals surface area (Å²) in [5.74, 6) is 0.925. The van der Waals surface area contributed by atoms with Gasteiger partial charge in [0.2, 0.25) is 0 Å². The summed E-state index contributed by atoms with van der Waals surface area (Å²) in [5.41, 5.74) is 1.14. The molecule has 20 heavy (non-hydrogen) atoms. The van der Waals surface area contributed by atoms with Gasteiger partial charge in [-0.15, -0.1) is 11.3 Å². The van der Waals surface area contributed by atoms with E-state index in [1.54, 1.807) is 0 Å². The number of hydrogen-bond donors (Lipinski definition) is 0. The molecule has 0 unspecified atom stereocenters. The van der Waals surface area contributed by atoms with Gasteiger partial charge in [-0.1, -0.05) is 0 Å². The summed E-state index contributed by atoms with van der Waals surface area (Å²) >= 11 is 4.67. The van der Waals surface area contributed by atoms with E-state index in [0.29, 0.717) is 34.3 Å². The van der Waals surface area contributed by atoms with Gasteiger partial charge >= 0.3 is 5.97 Å². The lowest BCUT2D eigenvalue weighted by molar-refractivity contribution is 0.0595. The third-order valence-corrected chi connectivity index (χ3v) is 4.34. The highest BCUT2D eigenvalue weighted by atomic mass is 79.9. The molecular weight excluding hydrogens is 346 g/mol. The normalized spacial score (nSPS) is 13.1. The van der Waals surface area contributed by atoms with E-state index in [4.69, 9.17) is 14.2 Å². The van der Waals surface area contributed by atoms with Crippen LogP contribution in [0.2, 0.25) is 0 Å². The monoisotopic (exact) mass is 355 g/mol. The highest BCUT2D eigenvalue weighted by molar-refractivity contribution is 9.11. The Morgan fingerprint density at radius 3 is 2.85 bits per heavy atom. The lowest BCUT2D eigenvalue weighted by Gasteiger charge is -2.18. The van der Waals surface area contributed by atoms with Crippen molar-refractivity contribution in [3.05, 3.63) is 27.8 Å². The maximum Gasteiger partial charge on any atom is 0.358 e. The van der Waals surface area contributed by atoms with Gasteiger partial charge in [0.15, 0.2) is 21.1 Å². The molecule has 0 saturated carbocycles. The average molecular weight is 356 g/mol. The van der Waals surface area contributed by atoms with Crippen LogP contribution in [0.5, 0.6) is 11.5 Å². The first-order valence-electron chi connectivity index (χ1n) is 5.83. The number of aromatic nitrogens is 1. The molecule has 0 radical (unpaired) electrons. The van der Waals surface area contributed by atoms with Crippen LogP contribution >= 0.6 is 27.3 Å². The molecule has 3 rings (SSSR count). The minimum Gasteiger partial charge on any atom is -0.486 e. The van der Waals surface area contributed by atoms with Crippen molar-refractivity contribution >= 4 is 33.2 Å². The number of esters is 1. The number of benzene rings is 1. The Morgan fingerprint density at radius 1 is 1.35 bits per heavy atom. The molecule has 2 heterocycles. The molecule has 0 spiro atoms. The summed E-state index contributed by atoms with van der Waals surface area (Å²) in [6.07, 6.45) is 0. The van der Waals surface area contributed by atoms with Gasteiger partial charge in [-0.3, -0.25) is 0 Å². The van der Waals surface area contributed by atoms with E-state index in [9.17, 15) is 4.79 Å². The Bertz CT molecular complexity index is 670. The summed E-state index contributed by atoms with van der Waals surface area (Å²) in [5, 5.41) is 0. The quantitative estimate of drug-likeness (QED) is 0.774. The predicted octanol–water partition coefficient (Wildman–Crippen LogP) is 3.13. The second-order valence-corrected chi connectivity index (χ2v) is 6.27. The van der Waals surface area contributed by atoms with Crippen LogP contribution in [-0.2, 0) is 4.74 Å². The Labute approximate surface area is 127 Å². The molecule has 0 bridgehead atoms. The van der Waals surface area contributed by atoms with Crippen molar-refractivity contribution in [1.29, 1.82) is 0 Å². The number of rotatable bonds is 2. The topological polar surface area (TPSA) is 57.7 Å². The van der Waals surface area contributed by atoms with Crippen LogP contribution in [0, 0.1) is 0 Å². The SMILES string of the molecule is COC(=O)c1nc(Br)sc1-c1ccc2c(c1)OCCO2. The van der Waals surface area contributed by atoms with Gasteiger partial charge in [-0.25, -0.2) is 9.78 Å². The van der Waals surface area contributed by atoms with Gasteiger partial charge in [0.1, 0.15) is 13.2 Å². The van der Waals surface area contributed by atoms with E-state index >= 15 is 0 Å². The van der Waals surface area contributed by atoms with Gasteiger partial charge in [0, 0.05) is 0 Å². The van der Waals surface area contributed by atoms with Crippen molar-refractivity contribution in [3.63, 3.8) is 0 Å². The fourth-order valence-corrected chi connectivity index (χ4v) is 3.35. The Balaban J connectivity index is 2.07. The van der Waals surface area contributed by atoms with E-state index in [2.05, 4.69) is 20.9 Å². The van der Waals surface area contributed by atoms with Crippen molar-refractivity contribution in [2.75, 3.05) is 20.3 Å². The highest BCUT2D eigenvalue weighted by Crippen LogP contribution is 2.39. The number of nitrogens with zero attached hydrogens (tertiary/aromatic N) is 1. The van der Waals surface area contributed by atoms with Crippen LogP contribution < -0.4 is 9.47 Å². The Hall–Kier alpha value is -1.60. The molecule has 0 aliphatic carbocycles. The standard InChI is InChI=1S/C13H10BrNO4S/c1-17-12(16)10-11(20-13(14)15-10)7-2-3-8-9(6-7)19-5-4-18-8/h2-3,6H,4-5H2,1H3. The molecule has 0 atom stereocenters. The molecular formula is C13H10BrNO4S. The van der Waals surface area contributed by atoms with Gasteiger partial charge in [0.05, 0.1) is 12.0 Å². The first-order chi connectivity index (χ1) is 9.69. The van der Waals surface area contributed by atoms with E-state index in [-0.39, 0.29) is 0 Å². The molecule has 1 aliphatic heterocycles. The largest absolute Gasteiger partial charge is 0.486 e. The number of carbonyl (C=O) groups is 1. The first-order valence-corrected chi connectivity index (χ1v) is 7.44. The molecule has 1 aliphatic rings. The fraction of sp³-hybridized carbons (Fsp3) is 0.231. The minimum absolute atomic E-state index is 0.293. The lowest BCUT2D eigenvalue weighted by atomic mass is 10.1. The number of methoxy groups -OCH3 is 1. The van der Waals surface area contributed by atoms with Crippen LogP contribution in [0.15, 0.2) is 22.1 Å². The third kappa shape index (κ3) is 2.38. The molecule has 0 saturated heterocycles. The number of hydrogen-bond acceptors (Lipinski definition) is 6. The van der Waals surface area contributed by atoms with Gasteiger partial charge < -0.3 is 14.2 Å². The minimum atomic E-state index is -0.461. The molecule has 7 heteroatoms. The number of carbonyl (C=O) groups excluding carboxylic acids is 1. The van der Waals surface area contributed by atoms with Crippen LogP contribution in [-0.4, -0.2) is 31.3 Å². The van der Waals surface area contributed by atoms with Crippen LogP contribution in [0.25, 0.3) is 10.4 Å². The second-order valence-electron chi connectivity index (χ2n) is 3.99. The summed E-state index contributed by atoms with van der Waals surface area (Å²) in [6, 6.07) is 5.55. The average Bonchev–Trinajstić information content (AvgIpc) is 2.88. The summed E-state index contributed by atoms with van der Waals surface area (Å²) in [6.45, 7) is 1.07. The molecule has 2 aromatic rings. The molecule has 0 N–H and O–H groups in total. The molecule has 0 fully saturated rings. The summed E-state index contributed by atoms with van der Waals surface area (Å²) in [4.78, 5) is 16.7. The zero-order chi connectivity index (χ0) is 14.1. The maximum atomic E-state index is 11.8. The zero-order valence-electron chi connectivity index (χ0n) is 10.5. The van der Waals surface area contributed by atoms with Crippen molar-refractivity contribution in [2.45, 2.75) is 0 Å². The number of fused-ring (bicyclic) bond motifs is 1. The molecule has 0 amide bonds. The summed E-state index contributed by atoms with van der Waals surface area (Å²) in [7, 11) is 1.34. The number of ether oxygens (including phenoxy) is 3. The van der Waals surface area contributed by atoms with Crippen LogP contribution in [0.4, 0.5) is 0 Å². The van der Waals surface area contributed by atoms with Crippen molar-refractivity contribution in [2.24, 2.45) is 0 Å². The molecule has 5 nitrogen and oxygen atoms in total. The Morgan fingerprint density at radius 2 is 2.10 bits per heavy atom. The smallest absolute Gasteiger partial charge is 0.358 e. The van der Waals surface area contributed by atoms with Crippen molar-refractivity contribution in [3.8, 4) is 21.9 Å². The van der Waals surface area contributed by atoms with Gasteiger partial charge in [-0.2, -0.15) is 0 Å². The number of thiazole rings is 1. The highest BCUT2D eigenvalue weighted by Gasteiger charge is 2.21. The first kappa shape index (κ1) is 13.4. The van der Waals surface area contributed by atoms with Crippen LogP contribution in [0.1, 0.15) is 10.5 Å². The molecule has 1 aromatic carbocycles. The fourth-order valence-electron chi connectivity index (χ4n) is 1.91. The maximum absolute atomic E-state index is 11.8. The zero-order valence-corrected chi connectivity index (χ0v) is 12.9. The van der Waals surface area contributed by atoms with E-state index in [1.807, 2.05) is 18.2 Å². The van der Waals surface area contributed by atoms with Gasteiger partial charge in [0.25, 0.3) is 0 Å². The molecule has 104 valence electrons. The van der Waals surface area contributed by atoms with Gasteiger partial charge in [-0.05, 0) is 39.7 Å². The predicted molar refractivity (Wildman–Crippen MR) is 77.6 cm³/mol. The summed E-state index contributed by atoms with van der Waals surface area (Å²) < 4.78 is 16.4. The van der Waals surface area contributed by atoms with Crippen LogP contribution in [0.3, 0.4) is 0 Å². The third-order valence-electron chi connectivity index (χ3n) is 2.78. The van der Waals surface area contributed by atoms with Crippen molar-refractivity contribution < 1.29 is 19.0 Å². The molecule has 1 aromatic heterocycles. The number of halogens is 1.